The summed E-state index contributed by atoms with van der Waals surface area (Å²) in [6.45, 7) is 4.44. The molecule has 2 fully saturated rings. The Morgan fingerprint density at radius 3 is 2.61 bits per heavy atom. The van der Waals surface area contributed by atoms with Crippen molar-refractivity contribution in [3.8, 4) is 0 Å². The summed E-state index contributed by atoms with van der Waals surface area (Å²) >= 11 is 0. The molecule has 0 aromatic heterocycles. The maximum atomic E-state index is 12.3. The van der Waals surface area contributed by atoms with Crippen molar-refractivity contribution in [1.82, 2.24) is 4.90 Å². The van der Waals surface area contributed by atoms with Crippen LogP contribution < -0.4 is 0 Å². The van der Waals surface area contributed by atoms with Crippen molar-refractivity contribution >= 4 is 11.9 Å². The topological polar surface area (TPSA) is 96.3 Å². The first-order valence-corrected chi connectivity index (χ1v) is 9.84. The van der Waals surface area contributed by atoms with E-state index in [9.17, 15) is 19.8 Å². The van der Waals surface area contributed by atoms with E-state index in [0.29, 0.717) is 0 Å². The van der Waals surface area contributed by atoms with Gasteiger partial charge in [-0.15, -0.1) is 0 Å². The van der Waals surface area contributed by atoms with Gasteiger partial charge in [0.25, 0.3) is 0 Å². The van der Waals surface area contributed by atoms with E-state index >= 15 is 0 Å². The summed E-state index contributed by atoms with van der Waals surface area (Å²) in [5.41, 5.74) is -1.02. The van der Waals surface area contributed by atoms with Gasteiger partial charge in [0.2, 0.25) is 0 Å². The van der Waals surface area contributed by atoms with E-state index in [0.717, 1.165) is 31.5 Å². The molecule has 5 atom stereocenters. The van der Waals surface area contributed by atoms with Crippen LogP contribution in [0.15, 0.2) is 30.3 Å². The zero-order valence-corrected chi connectivity index (χ0v) is 16.4. The highest BCUT2D eigenvalue weighted by Gasteiger charge is 2.47. The van der Waals surface area contributed by atoms with Crippen molar-refractivity contribution in [1.29, 1.82) is 0 Å². The molecule has 0 saturated carbocycles. The van der Waals surface area contributed by atoms with Gasteiger partial charge in [-0.25, -0.2) is 4.79 Å². The third-order valence-corrected chi connectivity index (χ3v) is 5.90. The molecule has 0 amide bonds. The van der Waals surface area contributed by atoms with Crippen LogP contribution in [0.2, 0.25) is 0 Å². The van der Waals surface area contributed by atoms with Gasteiger partial charge in [0.05, 0.1) is 25.2 Å². The van der Waals surface area contributed by atoms with Crippen LogP contribution in [-0.2, 0) is 25.5 Å². The van der Waals surface area contributed by atoms with Crippen LogP contribution in [-0.4, -0.2) is 70.6 Å². The van der Waals surface area contributed by atoms with Crippen LogP contribution in [0.4, 0.5) is 0 Å². The van der Waals surface area contributed by atoms with Gasteiger partial charge < -0.3 is 19.7 Å². The van der Waals surface area contributed by atoms with Gasteiger partial charge in [0.15, 0.2) is 5.60 Å². The van der Waals surface area contributed by atoms with Crippen LogP contribution in [0.25, 0.3) is 0 Å². The van der Waals surface area contributed by atoms with Crippen LogP contribution in [0.3, 0.4) is 0 Å². The van der Waals surface area contributed by atoms with Crippen molar-refractivity contribution in [2.75, 3.05) is 19.7 Å². The Kier molecular flexibility index (Phi) is 6.37. The van der Waals surface area contributed by atoms with E-state index in [1.807, 2.05) is 30.3 Å². The molecule has 28 heavy (non-hydrogen) atoms. The molecule has 154 valence electrons. The zero-order valence-electron chi connectivity index (χ0n) is 16.4. The number of carbonyl (C=O) groups excluding carboxylic acids is 2. The largest absolute Gasteiger partial charge is 0.463 e. The first-order chi connectivity index (χ1) is 13.3. The predicted octanol–water partition coefficient (Wildman–Crippen LogP) is 0.910. The van der Waals surface area contributed by atoms with Gasteiger partial charge in [0.1, 0.15) is 6.10 Å². The molecular weight excluding hydrogens is 362 g/mol. The summed E-state index contributed by atoms with van der Waals surface area (Å²) in [6, 6.07) is 9.50. The Balaban J connectivity index is 1.55. The van der Waals surface area contributed by atoms with E-state index in [4.69, 9.17) is 9.47 Å². The standard InChI is InChI=1S/C21H29NO6/c1-14(23)21(2,26)20(25)27-13-16-8-10-22-11-9-17(19(16)22)28-18(24)12-15-6-4-3-5-7-15/h3-7,14,16-17,19,23,26H,8-13H2,1-2H3/t14-,16+,17+,19?,21-/m0/s1. The van der Waals surface area contributed by atoms with Crippen LogP contribution in [0.1, 0.15) is 32.3 Å². The first-order valence-electron chi connectivity index (χ1n) is 9.84. The average Bonchev–Trinajstić information content (AvgIpc) is 3.23. The summed E-state index contributed by atoms with van der Waals surface area (Å²) in [7, 11) is 0. The monoisotopic (exact) mass is 391 g/mol. The molecule has 0 spiro atoms. The third kappa shape index (κ3) is 4.54. The van der Waals surface area contributed by atoms with E-state index in [1.165, 1.54) is 13.8 Å². The molecule has 2 N–H and O–H groups in total. The molecule has 0 radical (unpaired) electrons. The summed E-state index contributed by atoms with van der Waals surface area (Å²) < 4.78 is 11.1. The smallest absolute Gasteiger partial charge is 0.340 e. The molecule has 2 aliphatic rings. The third-order valence-electron chi connectivity index (χ3n) is 5.90. The van der Waals surface area contributed by atoms with Crippen molar-refractivity contribution in [2.24, 2.45) is 5.92 Å². The fourth-order valence-corrected chi connectivity index (χ4v) is 4.00. The van der Waals surface area contributed by atoms with Gasteiger partial charge in [-0.2, -0.15) is 0 Å². The average molecular weight is 391 g/mol. The quantitative estimate of drug-likeness (QED) is 0.667. The first kappa shape index (κ1) is 20.8. The second-order valence-electron chi connectivity index (χ2n) is 7.98. The molecule has 1 aromatic rings. The SMILES string of the molecule is C[C@H](O)[C@](C)(O)C(=O)OC[C@H]1CCN2CC[C@@H](OC(=O)Cc3ccccc3)C12. The molecule has 1 aromatic carbocycles. The van der Waals surface area contributed by atoms with Crippen molar-refractivity contribution in [3.05, 3.63) is 35.9 Å². The number of nitrogens with zero attached hydrogens (tertiary/aromatic N) is 1. The summed E-state index contributed by atoms with van der Waals surface area (Å²) in [4.78, 5) is 26.7. The maximum absolute atomic E-state index is 12.3. The Bertz CT molecular complexity index is 689. The number of fused-ring (bicyclic) bond motifs is 1. The van der Waals surface area contributed by atoms with E-state index in [2.05, 4.69) is 4.90 Å². The lowest BCUT2D eigenvalue weighted by Gasteiger charge is -2.28. The molecule has 0 aliphatic carbocycles. The normalized spacial score (nSPS) is 27.6. The molecule has 3 rings (SSSR count). The van der Waals surface area contributed by atoms with E-state index < -0.39 is 17.7 Å². The fourth-order valence-electron chi connectivity index (χ4n) is 4.00. The number of benzene rings is 1. The lowest BCUT2D eigenvalue weighted by molar-refractivity contribution is -0.176. The minimum atomic E-state index is -1.94. The highest BCUT2D eigenvalue weighted by atomic mass is 16.6. The molecule has 2 heterocycles. The van der Waals surface area contributed by atoms with Crippen LogP contribution in [0, 0.1) is 5.92 Å². The Hall–Kier alpha value is -1.96. The molecule has 2 saturated heterocycles. The van der Waals surface area contributed by atoms with Gasteiger partial charge in [0, 0.05) is 12.5 Å². The van der Waals surface area contributed by atoms with Crippen molar-refractivity contribution in [2.45, 2.75) is 57.0 Å². The molecule has 2 aliphatic heterocycles. The molecular formula is C21H29NO6. The number of aliphatic hydroxyl groups is 2. The van der Waals surface area contributed by atoms with E-state index in [1.54, 1.807) is 0 Å². The highest BCUT2D eigenvalue weighted by Crippen LogP contribution is 2.35. The molecule has 1 unspecified atom stereocenters. The molecule has 7 heteroatoms. The molecule has 7 nitrogen and oxygen atoms in total. The Morgan fingerprint density at radius 1 is 1.25 bits per heavy atom. The Labute approximate surface area is 165 Å². The van der Waals surface area contributed by atoms with E-state index in [-0.39, 0.29) is 37.1 Å². The second kappa shape index (κ2) is 8.59. The number of hydrogen-bond acceptors (Lipinski definition) is 7. The lowest BCUT2D eigenvalue weighted by atomic mass is 9.96. The number of ether oxygens (including phenoxy) is 2. The zero-order chi connectivity index (χ0) is 20.3. The highest BCUT2D eigenvalue weighted by molar-refractivity contribution is 5.79. The van der Waals surface area contributed by atoms with Gasteiger partial charge in [-0.05, 0) is 38.8 Å². The summed E-state index contributed by atoms with van der Waals surface area (Å²) in [5, 5.41) is 19.6. The van der Waals surface area contributed by atoms with Gasteiger partial charge >= 0.3 is 11.9 Å². The summed E-state index contributed by atoms with van der Waals surface area (Å²) in [5.74, 6) is -1.06. The predicted molar refractivity (Wildman–Crippen MR) is 101 cm³/mol. The maximum Gasteiger partial charge on any atom is 0.340 e. The van der Waals surface area contributed by atoms with Crippen LogP contribution >= 0.6 is 0 Å². The van der Waals surface area contributed by atoms with Gasteiger partial charge in [-0.1, -0.05) is 30.3 Å². The number of carbonyl (C=O) groups is 2. The Morgan fingerprint density at radius 2 is 1.93 bits per heavy atom. The molecule has 0 bridgehead atoms. The number of esters is 2. The minimum absolute atomic E-state index is 0.0176. The van der Waals surface area contributed by atoms with Crippen molar-refractivity contribution < 1.29 is 29.3 Å². The minimum Gasteiger partial charge on any atom is -0.463 e. The van der Waals surface area contributed by atoms with Crippen LogP contribution in [0.5, 0.6) is 0 Å². The lowest BCUT2D eigenvalue weighted by Crippen LogP contribution is -2.47. The van der Waals surface area contributed by atoms with Crippen molar-refractivity contribution in [3.63, 3.8) is 0 Å². The number of aliphatic hydroxyl groups excluding tert-OH is 1. The number of rotatable bonds is 7. The second-order valence-corrected chi connectivity index (χ2v) is 7.98. The van der Waals surface area contributed by atoms with Gasteiger partial charge in [-0.3, -0.25) is 9.69 Å². The summed E-state index contributed by atoms with van der Waals surface area (Å²) in [6.07, 6.45) is 0.390. The fraction of sp³-hybridized carbons (Fsp3) is 0.619. The number of hydrogen-bond donors (Lipinski definition) is 2.